The minimum atomic E-state index is -1.04. The van der Waals surface area contributed by atoms with Crippen LogP contribution < -0.4 is 10.6 Å². The summed E-state index contributed by atoms with van der Waals surface area (Å²) in [7, 11) is 0. The molecule has 8 nitrogen and oxygen atoms in total. The molecule has 3 amide bonds. The number of alkyl carbamates (subject to hydrolysis) is 1. The Morgan fingerprint density at radius 2 is 1.78 bits per heavy atom. The quantitative estimate of drug-likeness (QED) is 0.374. The third-order valence-corrected chi connectivity index (χ3v) is 4.95. The van der Waals surface area contributed by atoms with Gasteiger partial charge in [0.25, 0.3) is 0 Å². The molecular weight excluding hydrogens is 430 g/mol. The van der Waals surface area contributed by atoms with Crippen LogP contribution in [0, 0.1) is 0 Å². The summed E-state index contributed by atoms with van der Waals surface area (Å²) < 4.78 is 5.25. The number of hydrogen-bond donors (Lipinski definition) is 4. The Morgan fingerprint density at radius 3 is 2.28 bits per heavy atom. The van der Waals surface area contributed by atoms with E-state index in [0.29, 0.717) is 5.56 Å². The van der Waals surface area contributed by atoms with Gasteiger partial charge in [-0.1, -0.05) is 43.7 Å². The molecule has 180 valence electrons. The van der Waals surface area contributed by atoms with Gasteiger partial charge in [-0.3, -0.25) is 9.59 Å². The van der Waals surface area contributed by atoms with E-state index in [1.807, 2.05) is 19.9 Å². The van der Waals surface area contributed by atoms with Gasteiger partial charge in [0.2, 0.25) is 11.8 Å². The molecule has 0 aliphatic heterocycles. The van der Waals surface area contributed by atoms with E-state index in [0.717, 1.165) is 12.8 Å². The summed E-state index contributed by atoms with van der Waals surface area (Å²) in [4.78, 5) is 40.2. The Labute approximate surface area is 196 Å². The number of carbonyl (C=O) groups is 3. The molecule has 0 aliphatic rings. The Kier molecular flexibility index (Phi) is 11.6. The number of nitrogens with zero attached hydrogens (tertiary/aromatic N) is 1. The predicted molar refractivity (Wildman–Crippen MR) is 128 cm³/mol. The zero-order chi connectivity index (χ0) is 24.3. The van der Waals surface area contributed by atoms with Gasteiger partial charge in [0, 0.05) is 18.3 Å². The van der Waals surface area contributed by atoms with Crippen molar-refractivity contribution in [3.05, 3.63) is 35.9 Å². The third-order valence-electron chi connectivity index (χ3n) is 4.58. The molecule has 0 saturated heterocycles. The van der Waals surface area contributed by atoms with Gasteiger partial charge in [0.05, 0.1) is 6.61 Å². The first-order valence-electron chi connectivity index (χ1n) is 10.9. The van der Waals surface area contributed by atoms with Crippen LogP contribution in [0.5, 0.6) is 0 Å². The van der Waals surface area contributed by atoms with E-state index in [1.54, 1.807) is 45.0 Å². The lowest BCUT2D eigenvalue weighted by Crippen LogP contribution is -2.55. The van der Waals surface area contributed by atoms with Crippen LogP contribution in [0.15, 0.2) is 30.3 Å². The molecule has 0 bridgehead atoms. The Morgan fingerprint density at radius 1 is 1.16 bits per heavy atom. The van der Waals surface area contributed by atoms with Crippen molar-refractivity contribution >= 4 is 30.5 Å². The summed E-state index contributed by atoms with van der Waals surface area (Å²) in [6.45, 7) is 8.65. The summed E-state index contributed by atoms with van der Waals surface area (Å²) >= 11 is 4.21. The maximum Gasteiger partial charge on any atom is 0.408 e. The number of aliphatic hydroxyl groups excluding tert-OH is 1. The molecule has 0 aliphatic carbocycles. The van der Waals surface area contributed by atoms with Gasteiger partial charge in [0.1, 0.15) is 17.7 Å². The van der Waals surface area contributed by atoms with Crippen LogP contribution in [0.2, 0.25) is 0 Å². The number of ether oxygens (including phenoxy) is 1. The number of thiol groups is 1. The van der Waals surface area contributed by atoms with Crippen molar-refractivity contribution in [2.75, 3.05) is 18.9 Å². The first-order valence-corrected chi connectivity index (χ1v) is 11.5. The average molecular weight is 468 g/mol. The number of amides is 3. The van der Waals surface area contributed by atoms with E-state index in [1.165, 1.54) is 4.90 Å². The van der Waals surface area contributed by atoms with E-state index in [-0.39, 0.29) is 30.9 Å². The molecular formula is C23H37N3O5S. The van der Waals surface area contributed by atoms with Crippen LogP contribution in [0.1, 0.15) is 59.1 Å². The van der Waals surface area contributed by atoms with Crippen molar-refractivity contribution < 1.29 is 24.2 Å². The van der Waals surface area contributed by atoms with Crippen molar-refractivity contribution in [1.29, 1.82) is 0 Å². The van der Waals surface area contributed by atoms with E-state index in [2.05, 4.69) is 23.3 Å². The first-order chi connectivity index (χ1) is 15.0. The van der Waals surface area contributed by atoms with Crippen LogP contribution in [0.3, 0.4) is 0 Å². The van der Waals surface area contributed by atoms with Gasteiger partial charge in [-0.15, -0.1) is 0 Å². The molecule has 0 spiro atoms. The van der Waals surface area contributed by atoms with Crippen LogP contribution in [0.25, 0.3) is 0 Å². The summed E-state index contributed by atoms with van der Waals surface area (Å²) in [6.07, 6.45) is 0.935. The van der Waals surface area contributed by atoms with Crippen molar-refractivity contribution in [1.82, 2.24) is 15.5 Å². The fourth-order valence-corrected chi connectivity index (χ4v) is 3.49. The van der Waals surface area contributed by atoms with E-state index in [9.17, 15) is 19.5 Å². The highest BCUT2D eigenvalue weighted by Crippen LogP contribution is 2.23. The molecule has 32 heavy (non-hydrogen) atoms. The van der Waals surface area contributed by atoms with Crippen molar-refractivity contribution in [2.45, 2.75) is 71.2 Å². The second-order valence-electron chi connectivity index (χ2n) is 8.65. The molecule has 1 aromatic carbocycles. The number of aliphatic hydroxyl groups is 1. The number of rotatable bonds is 11. The molecule has 0 fully saturated rings. The van der Waals surface area contributed by atoms with Crippen molar-refractivity contribution in [3.8, 4) is 0 Å². The molecule has 3 unspecified atom stereocenters. The largest absolute Gasteiger partial charge is 0.444 e. The fourth-order valence-electron chi connectivity index (χ4n) is 3.24. The monoisotopic (exact) mass is 467 g/mol. The predicted octanol–water partition coefficient (Wildman–Crippen LogP) is 2.68. The summed E-state index contributed by atoms with van der Waals surface area (Å²) in [6, 6.07) is 6.79. The standard InChI is InChI=1S/C23H37N3O5S/c1-6-10-16(2)24-20(28)19(17-11-8-7-9-12-17)26(13-14-27)21(29)18(15-32)25-22(30)31-23(3,4)5/h7-9,11-12,16,18-19,27,32H,6,10,13-15H2,1-5H3,(H,24,28)(H,25,30). The highest BCUT2D eigenvalue weighted by Gasteiger charge is 2.35. The van der Waals surface area contributed by atoms with Crippen LogP contribution in [0.4, 0.5) is 4.79 Å². The first kappa shape index (κ1) is 27.8. The molecule has 1 rings (SSSR count). The van der Waals surface area contributed by atoms with E-state index in [4.69, 9.17) is 4.74 Å². The second-order valence-corrected chi connectivity index (χ2v) is 9.01. The lowest BCUT2D eigenvalue weighted by Gasteiger charge is -2.34. The topological polar surface area (TPSA) is 108 Å². The van der Waals surface area contributed by atoms with Gasteiger partial charge in [-0.25, -0.2) is 4.79 Å². The molecule has 0 radical (unpaired) electrons. The number of nitrogens with one attached hydrogen (secondary N) is 2. The highest BCUT2D eigenvalue weighted by molar-refractivity contribution is 7.80. The van der Waals surface area contributed by atoms with E-state index < -0.39 is 29.7 Å². The molecule has 9 heteroatoms. The van der Waals surface area contributed by atoms with Gasteiger partial charge >= 0.3 is 6.09 Å². The highest BCUT2D eigenvalue weighted by atomic mass is 32.1. The molecule has 0 heterocycles. The SMILES string of the molecule is CCCC(C)NC(=O)C(c1ccccc1)N(CCO)C(=O)C(CS)NC(=O)OC(C)(C)C. The third kappa shape index (κ3) is 9.08. The molecule has 3 N–H and O–H groups in total. The van der Waals surface area contributed by atoms with Gasteiger partial charge < -0.3 is 25.4 Å². The summed E-state index contributed by atoms with van der Waals surface area (Å²) in [5.74, 6) is -0.892. The lowest BCUT2D eigenvalue weighted by molar-refractivity contribution is -0.142. The fraction of sp³-hybridized carbons (Fsp3) is 0.609. The smallest absolute Gasteiger partial charge is 0.408 e. The van der Waals surface area contributed by atoms with Crippen LogP contribution >= 0.6 is 12.6 Å². The van der Waals surface area contributed by atoms with Crippen LogP contribution in [-0.4, -0.2) is 64.5 Å². The second kappa shape index (κ2) is 13.3. The number of hydrogen-bond acceptors (Lipinski definition) is 6. The molecule has 0 saturated carbocycles. The van der Waals surface area contributed by atoms with Gasteiger partial charge in [-0.2, -0.15) is 12.6 Å². The minimum absolute atomic E-state index is 0.00459. The lowest BCUT2D eigenvalue weighted by atomic mass is 10.0. The molecule has 3 atom stereocenters. The molecule has 1 aromatic rings. The maximum atomic E-state index is 13.4. The van der Waals surface area contributed by atoms with E-state index >= 15 is 0 Å². The summed E-state index contributed by atoms with van der Waals surface area (Å²) in [5.41, 5.74) is -0.133. The Balaban J connectivity index is 3.23. The maximum absolute atomic E-state index is 13.4. The minimum Gasteiger partial charge on any atom is -0.444 e. The normalized spacial score (nSPS) is 14.1. The van der Waals surface area contributed by atoms with Gasteiger partial charge in [-0.05, 0) is 39.7 Å². The number of benzene rings is 1. The Hall–Kier alpha value is -2.26. The summed E-state index contributed by atoms with van der Waals surface area (Å²) in [5, 5.41) is 15.1. The van der Waals surface area contributed by atoms with Crippen molar-refractivity contribution in [2.24, 2.45) is 0 Å². The zero-order valence-corrected chi connectivity index (χ0v) is 20.5. The van der Waals surface area contributed by atoms with Gasteiger partial charge in [0.15, 0.2) is 0 Å². The van der Waals surface area contributed by atoms with Crippen LogP contribution in [-0.2, 0) is 14.3 Å². The van der Waals surface area contributed by atoms with Crippen molar-refractivity contribution in [3.63, 3.8) is 0 Å². The number of carbonyl (C=O) groups excluding carboxylic acids is 3. The zero-order valence-electron chi connectivity index (χ0n) is 19.6. The Bertz CT molecular complexity index is 739. The molecule has 0 aromatic heterocycles. The average Bonchev–Trinajstić information content (AvgIpc) is 2.70.